The zero-order valence-electron chi connectivity index (χ0n) is 14.5. The number of likely N-dealkylation sites (tertiary alicyclic amines) is 1. The maximum atomic E-state index is 11.6. The van der Waals surface area contributed by atoms with Gasteiger partial charge in [-0.15, -0.1) is 0 Å². The first-order valence-electron chi connectivity index (χ1n) is 7.90. The number of nitrogens with zero attached hydrogens (tertiary/aromatic N) is 3. The van der Waals surface area contributed by atoms with Gasteiger partial charge in [-0.3, -0.25) is 4.90 Å². The number of hydrogen-bond acceptors (Lipinski definition) is 4. The SMILES string of the molecule is Cn1cccc1CN1CC2(CCN(S(C)(=O)=O)C2)C1.O=C(O)C(F)(F)F. The highest BCUT2D eigenvalue weighted by molar-refractivity contribution is 7.88. The van der Waals surface area contributed by atoms with E-state index < -0.39 is 22.2 Å². The lowest BCUT2D eigenvalue weighted by atomic mass is 9.79. The van der Waals surface area contributed by atoms with E-state index in [0.717, 1.165) is 26.1 Å². The third-order valence-electron chi connectivity index (χ3n) is 4.67. The molecule has 0 atom stereocenters. The highest BCUT2D eigenvalue weighted by Gasteiger charge is 2.49. The first kappa shape index (κ1) is 20.7. The van der Waals surface area contributed by atoms with Crippen LogP contribution in [0, 0.1) is 5.41 Å². The predicted molar refractivity (Wildman–Crippen MR) is 87.8 cm³/mol. The average molecular weight is 397 g/mol. The van der Waals surface area contributed by atoms with Crippen molar-refractivity contribution in [2.75, 3.05) is 32.4 Å². The lowest BCUT2D eigenvalue weighted by Gasteiger charge is -2.48. The fourth-order valence-electron chi connectivity index (χ4n) is 3.34. The highest BCUT2D eigenvalue weighted by Crippen LogP contribution is 2.40. The number of aryl methyl sites for hydroxylation is 1. The van der Waals surface area contributed by atoms with Gasteiger partial charge >= 0.3 is 12.1 Å². The minimum Gasteiger partial charge on any atom is -0.475 e. The number of carboxylic acids is 1. The number of sulfonamides is 1. The standard InChI is InChI=1S/C13H21N3O2S.C2HF3O2/c1-14-6-3-4-12(14)8-15-9-13(10-15)5-7-16(11-13)19(2,17)18;3-2(4,5)1(6)7/h3-4,6H,5,7-11H2,1-2H3;(H,6,7). The molecule has 26 heavy (non-hydrogen) atoms. The number of aromatic nitrogens is 1. The molecule has 0 aromatic carbocycles. The molecule has 2 fully saturated rings. The van der Waals surface area contributed by atoms with E-state index in [9.17, 15) is 21.6 Å². The van der Waals surface area contributed by atoms with Gasteiger partial charge in [0.25, 0.3) is 0 Å². The summed E-state index contributed by atoms with van der Waals surface area (Å²) in [7, 11) is -0.952. The lowest BCUT2D eigenvalue weighted by Crippen LogP contribution is -2.57. The quantitative estimate of drug-likeness (QED) is 0.827. The van der Waals surface area contributed by atoms with Gasteiger partial charge in [-0.05, 0) is 18.6 Å². The number of rotatable bonds is 3. The van der Waals surface area contributed by atoms with Crippen molar-refractivity contribution in [2.45, 2.75) is 19.1 Å². The normalized spacial score (nSPS) is 20.5. The first-order valence-corrected chi connectivity index (χ1v) is 9.75. The molecule has 2 aliphatic rings. The number of alkyl halides is 3. The Kier molecular flexibility index (Phi) is 5.74. The zero-order chi connectivity index (χ0) is 19.8. The second-order valence-electron chi connectivity index (χ2n) is 6.91. The van der Waals surface area contributed by atoms with Crippen molar-refractivity contribution in [1.29, 1.82) is 0 Å². The van der Waals surface area contributed by atoms with Gasteiger partial charge in [-0.1, -0.05) is 0 Å². The fraction of sp³-hybridized carbons (Fsp3) is 0.667. The molecular weight excluding hydrogens is 375 g/mol. The fourth-order valence-corrected chi connectivity index (χ4v) is 4.27. The summed E-state index contributed by atoms with van der Waals surface area (Å²) in [6.45, 7) is 4.39. The van der Waals surface area contributed by atoms with Gasteiger partial charge in [-0.25, -0.2) is 17.5 Å². The Balaban J connectivity index is 0.000000298. The molecule has 1 aromatic rings. The van der Waals surface area contributed by atoms with Crippen molar-refractivity contribution in [1.82, 2.24) is 13.8 Å². The highest BCUT2D eigenvalue weighted by atomic mass is 32.2. The molecule has 0 saturated carbocycles. The van der Waals surface area contributed by atoms with E-state index in [4.69, 9.17) is 9.90 Å². The average Bonchev–Trinajstić information content (AvgIpc) is 3.05. The number of halogens is 3. The molecular formula is C15H22F3N3O4S. The van der Waals surface area contributed by atoms with Gasteiger partial charge in [0.1, 0.15) is 0 Å². The van der Waals surface area contributed by atoms with Crippen LogP contribution in [0.4, 0.5) is 13.2 Å². The van der Waals surface area contributed by atoms with Crippen molar-refractivity contribution >= 4 is 16.0 Å². The Morgan fingerprint density at radius 2 is 1.88 bits per heavy atom. The molecule has 11 heteroatoms. The minimum absolute atomic E-state index is 0.217. The summed E-state index contributed by atoms with van der Waals surface area (Å²) < 4.78 is 58.6. The molecule has 0 amide bonds. The number of aliphatic carboxylic acids is 1. The van der Waals surface area contributed by atoms with E-state index in [0.29, 0.717) is 13.1 Å². The maximum Gasteiger partial charge on any atom is 0.490 e. The second-order valence-corrected chi connectivity index (χ2v) is 8.89. The van der Waals surface area contributed by atoms with Crippen LogP contribution < -0.4 is 0 Å². The number of hydrogen-bond donors (Lipinski definition) is 1. The van der Waals surface area contributed by atoms with E-state index in [-0.39, 0.29) is 5.41 Å². The first-order chi connectivity index (χ1) is 11.8. The van der Waals surface area contributed by atoms with E-state index >= 15 is 0 Å². The van der Waals surface area contributed by atoms with Gasteiger partial charge in [0.15, 0.2) is 0 Å². The van der Waals surface area contributed by atoms with Gasteiger partial charge in [-0.2, -0.15) is 13.2 Å². The van der Waals surface area contributed by atoms with E-state index in [1.807, 2.05) is 0 Å². The molecule has 1 N–H and O–H groups in total. The second kappa shape index (κ2) is 7.20. The Hall–Kier alpha value is -1.59. The smallest absolute Gasteiger partial charge is 0.475 e. The van der Waals surface area contributed by atoms with Crippen LogP contribution in [0.15, 0.2) is 18.3 Å². The summed E-state index contributed by atoms with van der Waals surface area (Å²) in [5.41, 5.74) is 1.53. The van der Waals surface area contributed by atoms with Crippen molar-refractivity contribution < 1.29 is 31.5 Å². The number of carboxylic acid groups (broad SMARTS) is 1. The topological polar surface area (TPSA) is 82.8 Å². The molecule has 2 aliphatic heterocycles. The molecule has 0 radical (unpaired) electrons. The van der Waals surface area contributed by atoms with Gasteiger partial charge in [0, 0.05) is 57.1 Å². The Labute approximate surface area is 150 Å². The Morgan fingerprint density at radius 3 is 2.27 bits per heavy atom. The summed E-state index contributed by atoms with van der Waals surface area (Å²) in [6.07, 6.45) is -0.706. The molecule has 1 aromatic heterocycles. The van der Waals surface area contributed by atoms with Crippen molar-refractivity contribution in [3.05, 3.63) is 24.0 Å². The summed E-state index contributed by atoms with van der Waals surface area (Å²) in [5.74, 6) is -2.76. The predicted octanol–water partition coefficient (Wildman–Crippen LogP) is 1.13. The van der Waals surface area contributed by atoms with Crippen molar-refractivity contribution in [2.24, 2.45) is 12.5 Å². The summed E-state index contributed by atoms with van der Waals surface area (Å²) in [5, 5.41) is 7.12. The Bertz CT molecular complexity index is 754. The largest absolute Gasteiger partial charge is 0.490 e. The summed E-state index contributed by atoms with van der Waals surface area (Å²) >= 11 is 0. The summed E-state index contributed by atoms with van der Waals surface area (Å²) in [4.78, 5) is 11.3. The molecule has 2 saturated heterocycles. The zero-order valence-corrected chi connectivity index (χ0v) is 15.3. The van der Waals surface area contributed by atoms with Crippen LogP contribution in [0.3, 0.4) is 0 Å². The van der Waals surface area contributed by atoms with Gasteiger partial charge in [0.2, 0.25) is 10.0 Å². The minimum atomic E-state index is -5.08. The molecule has 7 nitrogen and oxygen atoms in total. The molecule has 3 heterocycles. The number of carbonyl (C=O) groups is 1. The van der Waals surface area contributed by atoms with Crippen molar-refractivity contribution in [3.8, 4) is 0 Å². The van der Waals surface area contributed by atoms with Crippen LogP contribution in [0.5, 0.6) is 0 Å². The van der Waals surface area contributed by atoms with Crippen molar-refractivity contribution in [3.63, 3.8) is 0 Å². The molecule has 148 valence electrons. The molecule has 3 rings (SSSR count). The van der Waals surface area contributed by atoms with Crippen LogP contribution in [0.1, 0.15) is 12.1 Å². The molecule has 1 spiro atoms. The Morgan fingerprint density at radius 1 is 1.31 bits per heavy atom. The molecule has 0 aliphatic carbocycles. The van der Waals surface area contributed by atoms with E-state index in [2.05, 4.69) is 34.8 Å². The molecule has 0 unspecified atom stereocenters. The van der Waals surface area contributed by atoms with Crippen LogP contribution in [-0.2, 0) is 28.4 Å². The van der Waals surface area contributed by atoms with Crippen LogP contribution in [-0.4, -0.2) is 71.9 Å². The van der Waals surface area contributed by atoms with E-state index in [1.165, 1.54) is 11.9 Å². The van der Waals surface area contributed by atoms with Crippen LogP contribution in [0.2, 0.25) is 0 Å². The van der Waals surface area contributed by atoms with Gasteiger partial charge in [0.05, 0.1) is 6.26 Å². The monoisotopic (exact) mass is 397 g/mol. The van der Waals surface area contributed by atoms with E-state index in [1.54, 1.807) is 4.31 Å². The third kappa shape index (κ3) is 4.98. The van der Waals surface area contributed by atoms with Gasteiger partial charge < -0.3 is 9.67 Å². The molecule has 0 bridgehead atoms. The van der Waals surface area contributed by atoms with Crippen LogP contribution >= 0.6 is 0 Å². The third-order valence-corrected chi connectivity index (χ3v) is 5.92. The lowest BCUT2D eigenvalue weighted by molar-refractivity contribution is -0.192. The summed E-state index contributed by atoms with van der Waals surface area (Å²) in [6, 6.07) is 4.20. The van der Waals surface area contributed by atoms with Crippen LogP contribution in [0.25, 0.3) is 0 Å². The maximum absolute atomic E-state index is 11.6.